The quantitative estimate of drug-likeness (QED) is 0.235. The predicted octanol–water partition coefficient (Wildman–Crippen LogP) is 3.57. The van der Waals surface area contributed by atoms with E-state index in [2.05, 4.69) is 4.99 Å². The molecule has 2 aromatic carbocycles. The van der Waals surface area contributed by atoms with Gasteiger partial charge in [-0.25, -0.2) is 9.79 Å². The Balaban J connectivity index is 1.92. The molecule has 0 fully saturated rings. The number of esters is 2. The lowest BCUT2D eigenvalue weighted by molar-refractivity contribution is -0.385. The molecule has 0 bridgehead atoms. The number of carbonyl (C=O) groups is 2. The summed E-state index contributed by atoms with van der Waals surface area (Å²) in [5, 5.41) is 11.0. The van der Waals surface area contributed by atoms with Gasteiger partial charge in [0.2, 0.25) is 5.90 Å². The van der Waals surface area contributed by atoms with Crippen molar-refractivity contribution in [3.8, 4) is 11.5 Å². The Hall–Kier alpha value is -4.01. The predicted molar refractivity (Wildman–Crippen MR) is 107 cm³/mol. The SMILES string of the molecule is CCOc1cc(/C=C2\N=C(c3ccc([N+](=O)[O-])c(C)c3)OC2=O)ccc1OC(C)=O. The molecular weight excluding hydrogens is 392 g/mol. The number of cyclic esters (lactones) is 1. The van der Waals surface area contributed by atoms with Gasteiger partial charge < -0.3 is 14.2 Å². The molecule has 0 aliphatic carbocycles. The molecule has 9 nitrogen and oxygen atoms in total. The number of ether oxygens (including phenoxy) is 3. The lowest BCUT2D eigenvalue weighted by Crippen LogP contribution is -2.06. The first-order chi connectivity index (χ1) is 14.3. The maximum Gasteiger partial charge on any atom is 0.363 e. The molecule has 0 saturated heterocycles. The highest BCUT2D eigenvalue weighted by atomic mass is 16.6. The number of nitro groups is 1. The summed E-state index contributed by atoms with van der Waals surface area (Å²) in [7, 11) is 0. The van der Waals surface area contributed by atoms with E-state index in [0.29, 0.717) is 29.0 Å². The van der Waals surface area contributed by atoms with E-state index in [1.165, 1.54) is 31.2 Å². The highest BCUT2D eigenvalue weighted by Crippen LogP contribution is 2.30. The van der Waals surface area contributed by atoms with Crippen LogP contribution < -0.4 is 9.47 Å². The molecule has 1 aliphatic rings. The van der Waals surface area contributed by atoms with E-state index >= 15 is 0 Å². The Morgan fingerprint density at radius 3 is 2.63 bits per heavy atom. The van der Waals surface area contributed by atoms with Crippen LogP contribution in [0.2, 0.25) is 0 Å². The lowest BCUT2D eigenvalue weighted by atomic mass is 10.1. The Kier molecular flexibility index (Phi) is 5.91. The first-order valence-electron chi connectivity index (χ1n) is 9.01. The molecule has 0 N–H and O–H groups in total. The van der Waals surface area contributed by atoms with Crippen molar-refractivity contribution in [3.05, 3.63) is 68.9 Å². The van der Waals surface area contributed by atoms with E-state index in [9.17, 15) is 19.7 Å². The third-order valence-electron chi connectivity index (χ3n) is 4.09. The molecule has 154 valence electrons. The fourth-order valence-electron chi connectivity index (χ4n) is 2.81. The zero-order chi connectivity index (χ0) is 21.8. The van der Waals surface area contributed by atoms with Gasteiger partial charge >= 0.3 is 11.9 Å². The summed E-state index contributed by atoms with van der Waals surface area (Å²) in [5.74, 6) is -0.447. The number of rotatable bonds is 6. The van der Waals surface area contributed by atoms with Gasteiger partial charge in [-0.3, -0.25) is 14.9 Å². The van der Waals surface area contributed by atoms with E-state index in [0.717, 1.165) is 0 Å². The summed E-state index contributed by atoms with van der Waals surface area (Å²) in [6, 6.07) is 9.17. The Morgan fingerprint density at radius 2 is 2.00 bits per heavy atom. The van der Waals surface area contributed by atoms with Crippen molar-refractivity contribution in [2.24, 2.45) is 4.99 Å². The smallest absolute Gasteiger partial charge is 0.363 e. The minimum absolute atomic E-state index is 0.0317. The second kappa shape index (κ2) is 8.56. The molecule has 9 heteroatoms. The Bertz CT molecular complexity index is 1100. The highest BCUT2D eigenvalue weighted by Gasteiger charge is 2.25. The summed E-state index contributed by atoms with van der Waals surface area (Å²) < 4.78 is 15.8. The van der Waals surface area contributed by atoms with Gasteiger partial charge in [-0.2, -0.15) is 0 Å². The molecule has 0 spiro atoms. The van der Waals surface area contributed by atoms with Crippen LogP contribution in [0.4, 0.5) is 5.69 Å². The topological polar surface area (TPSA) is 117 Å². The normalized spacial score (nSPS) is 14.3. The standard InChI is InChI=1S/C21H18N2O7/c1-4-28-19-11-14(5-8-18(19)29-13(3)24)10-16-21(25)30-20(22-16)15-6-7-17(23(26)27)12(2)9-15/h5-11H,4H2,1-3H3/b16-10-. The monoisotopic (exact) mass is 410 g/mol. The third-order valence-corrected chi connectivity index (χ3v) is 4.09. The minimum Gasteiger partial charge on any atom is -0.490 e. The van der Waals surface area contributed by atoms with Gasteiger partial charge in [-0.15, -0.1) is 0 Å². The molecule has 1 aliphatic heterocycles. The van der Waals surface area contributed by atoms with Gasteiger partial charge in [0.15, 0.2) is 17.2 Å². The maximum atomic E-state index is 12.2. The first-order valence-corrected chi connectivity index (χ1v) is 9.01. The van der Waals surface area contributed by atoms with Crippen LogP contribution in [0.1, 0.15) is 30.5 Å². The second-order valence-corrected chi connectivity index (χ2v) is 6.33. The summed E-state index contributed by atoms with van der Waals surface area (Å²) in [6.07, 6.45) is 1.51. The van der Waals surface area contributed by atoms with Crippen molar-refractivity contribution in [2.45, 2.75) is 20.8 Å². The molecule has 0 aromatic heterocycles. The number of carbonyl (C=O) groups excluding carboxylic acids is 2. The number of nitro benzene ring substituents is 1. The average molecular weight is 410 g/mol. The summed E-state index contributed by atoms with van der Waals surface area (Å²) in [5.41, 5.74) is 1.50. The summed E-state index contributed by atoms with van der Waals surface area (Å²) in [6.45, 7) is 5.03. The molecular formula is C21H18N2O7. The van der Waals surface area contributed by atoms with Crippen LogP contribution >= 0.6 is 0 Å². The van der Waals surface area contributed by atoms with Crippen LogP contribution in [0.5, 0.6) is 11.5 Å². The molecule has 3 rings (SSSR count). The number of nitrogens with zero attached hydrogens (tertiary/aromatic N) is 2. The molecule has 0 amide bonds. The molecule has 1 heterocycles. The number of hydrogen-bond donors (Lipinski definition) is 0. The van der Waals surface area contributed by atoms with Gasteiger partial charge in [-0.1, -0.05) is 6.07 Å². The molecule has 0 saturated carbocycles. The Labute approximate surface area is 171 Å². The van der Waals surface area contributed by atoms with Gasteiger partial charge in [0.05, 0.1) is 11.5 Å². The fourth-order valence-corrected chi connectivity index (χ4v) is 2.81. The highest BCUT2D eigenvalue weighted by molar-refractivity contribution is 6.13. The average Bonchev–Trinajstić information content (AvgIpc) is 3.04. The van der Waals surface area contributed by atoms with Gasteiger partial charge in [-0.05, 0) is 49.8 Å². The van der Waals surface area contributed by atoms with Crippen molar-refractivity contribution >= 4 is 29.6 Å². The largest absolute Gasteiger partial charge is 0.490 e. The lowest BCUT2D eigenvalue weighted by Gasteiger charge is -2.10. The van der Waals surface area contributed by atoms with E-state index in [1.54, 1.807) is 32.0 Å². The second-order valence-electron chi connectivity index (χ2n) is 6.33. The molecule has 30 heavy (non-hydrogen) atoms. The van der Waals surface area contributed by atoms with Gasteiger partial charge in [0, 0.05) is 24.1 Å². The Morgan fingerprint density at radius 1 is 1.23 bits per heavy atom. The number of aryl methyl sites for hydroxylation is 1. The van der Waals surface area contributed by atoms with Crippen molar-refractivity contribution in [3.63, 3.8) is 0 Å². The van der Waals surface area contributed by atoms with E-state index in [-0.39, 0.29) is 23.0 Å². The zero-order valence-corrected chi connectivity index (χ0v) is 16.5. The van der Waals surface area contributed by atoms with Crippen LogP contribution in [0.25, 0.3) is 6.08 Å². The first kappa shape index (κ1) is 20.7. The number of hydrogen-bond acceptors (Lipinski definition) is 8. The summed E-state index contributed by atoms with van der Waals surface area (Å²) >= 11 is 0. The van der Waals surface area contributed by atoms with Crippen molar-refractivity contribution in [2.75, 3.05) is 6.61 Å². The van der Waals surface area contributed by atoms with Crippen molar-refractivity contribution in [1.82, 2.24) is 0 Å². The van der Waals surface area contributed by atoms with E-state index in [4.69, 9.17) is 14.2 Å². The number of aliphatic imine (C=N–C) groups is 1. The van der Waals surface area contributed by atoms with Crippen LogP contribution in [0.15, 0.2) is 47.1 Å². The van der Waals surface area contributed by atoms with Crippen molar-refractivity contribution < 1.29 is 28.7 Å². The van der Waals surface area contributed by atoms with Gasteiger partial charge in [0.25, 0.3) is 5.69 Å². The third kappa shape index (κ3) is 4.52. The zero-order valence-electron chi connectivity index (χ0n) is 16.5. The minimum atomic E-state index is -0.650. The summed E-state index contributed by atoms with van der Waals surface area (Å²) in [4.78, 5) is 38.1. The molecule has 0 atom stereocenters. The van der Waals surface area contributed by atoms with Crippen LogP contribution in [0, 0.1) is 17.0 Å². The fraction of sp³-hybridized carbons (Fsp3) is 0.190. The number of benzene rings is 2. The maximum absolute atomic E-state index is 12.2. The molecule has 0 radical (unpaired) electrons. The van der Waals surface area contributed by atoms with Crippen LogP contribution in [0.3, 0.4) is 0 Å². The van der Waals surface area contributed by atoms with Crippen LogP contribution in [-0.2, 0) is 14.3 Å². The van der Waals surface area contributed by atoms with E-state index < -0.39 is 16.9 Å². The van der Waals surface area contributed by atoms with Gasteiger partial charge in [0.1, 0.15) is 0 Å². The van der Waals surface area contributed by atoms with Crippen molar-refractivity contribution in [1.29, 1.82) is 0 Å². The van der Waals surface area contributed by atoms with E-state index in [1.807, 2.05) is 0 Å². The molecule has 2 aromatic rings. The molecule has 0 unspecified atom stereocenters. The van der Waals surface area contributed by atoms with Crippen LogP contribution in [-0.4, -0.2) is 29.4 Å².